The van der Waals surface area contributed by atoms with Crippen molar-refractivity contribution in [2.45, 2.75) is 31.8 Å². The Morgan fingerprint density at radius 3 is 2.13 bits per heavy atom. The van der Waals surface area contributed by atoms with Crippen molar-refractivity contribution in [1.82, 2.24) is 10.2 Å². The number of benzene rings is 2. The van der Waals surface area contributed by atoms with E-state index in [1.807, 2.05) is 31.1 Å². The SMILES string of the molecule is Cc1ccc(C(C(=O)NC2Cc3ccccc3C2)N(C)C)cc1. The molecule has 0 aromatic heterocycles. The number of carbonyl (C=O) groups excluding carboxylic acids is 1. The molecule has 0 saturated heterocycles. The number of rotatable bonds is 4. The maximum absolute atomic E-state index is 12.8. The molecular formula is C20H24N2O. The van der Waals surface area contributed by atoms with Crippen LogP contribution in [0.25, 0.3) is 0 Å². The summed E-state index contributed by atoms with van der Waals surface area (Å²) in [5, 5.41) is 3.24. The summed E-state index contributed by atoms with van der Waals surface area (Å²) >= 11 is 0. The minimum absolute atomic E-state index is 0.0802. The van der Waals surface area contributed by atoms with Crippen molar-refractivity contribution in [3.63, 3.8) is 0 Å². The number of amides is 1. The molecule has 0 bridgehead atoms. The predicted molar refractivity (Wildman–Crippen MR) is 93.4 cm³/mol. The molecule has 1 N–H and O–H groups in total. The van der Waals surface area contributed by atoms with Crippen LogP contribution in [0.15, 0.2) is 48.5 Å². The van der Waals surface area contributed by atoms with Gasteiger partial charge in [-0.25, -0.2) is 0 Å². The van der Waals surface area contributed by atoms with Crippen molar-refractivity contribution in [2.24, 2.45) is 0 Å². The Labute approximate surface area is 138 Å². The quantitative estimate of drug-likeness (QED) is 0.942. The minimum Gasteiger partial charge on any atom is -0.351 e. The molecule has 2 aromatic carbocycles. The van der Waals surface area contributed by atoms with E-state index in [2.05, 4.69) is 48.6 Å². The molecule has 0 fully saturated rings. The second-order valence-corrected chi connectivity index (χ2v) is 6.66. The van der Waals surface area contributed by atoms with Crippen LogP contribution in [0, 0.1) is 6.92 Å². The summed E-state index contributed by atoms with van der Waals surface area (Å²) < 4.78 is 0. The van der Waals surface area contributed by atoms with Crippen LogP contribution in [0.1, 0.15) is 28.3 Å². The smallest absolute Gasteiger partial charge is 0.242 e. The maximum atomic E-state index is 12.8. The van der Waals surface area contributed by atoms with Crippen LogP contribution < -0.4 is 5.32 Å². The fourth-order valence-electron chi connectivity index (χ4n) is 3.37. The van der Waals surface area contributed by atoms with Gasteiger partial charge in [-0.15, -0.1) is 0 Å². The van der Waals surface area contributed by atoms with E-state index in [0.717, 1.165) is 18.4 Å². The van der Waals surface area contributed by atoms with Crippen LogP contribution in [-0.2, 0) is 17.6 Å². The van der Waals surface area contributed by atoms with Crippen molar-refractivity contribution >= 4 is 5.91 Å². The fourth-order valence-corrected chi connectivity index (χ4v) is 3.37. The lowest BCUT2D eigenvalue weighted by atomic mass is 10.0. The zero-order chi connectivity index (χ0) is 16.4. The third kappa shape index (κ3) is 3.45. The Kier molecular flexibility index (Phi) is 4.49. The average molecular weight is 308 g/mol. The lowest BCUT2D eigenvalue weighted by Crippen LogP contribution is -2.42. The highest BCUT2D eigenvalue weighted by Crippen LogP contribution is 2.24. The van der Waals surface area contributed by atoms with Crippen LogP contribution in [-0.4, -0.2) is 30.9 Å². The van der Waals surface area contributed by atoms with E-state index in [4.69, 9.17) is 0 Å². The highest BCUT2D eigenvalue weighted by molar-refractivity contribution is 5.83. The number of carbonyl (C=O) groups is 1. The molecule has 3 heteroatoms. The van der Waals surface area contributed by atoms with Gasteiger partial charge in [-0.1, -0.05) is 54.1 Å². The van der Waals surface area contributed by atoms with Crippen molar-refractivity contribution in [3.8, 4) is 0 Å². The molecule has 1 aliphatic rings. The first-order valence-electron chi connectivity index (χ1n) is 8.15. The zero-order valence-corrected chi connectivity index (χ0v) is 14.0. The van der Waals surface area contributed by atoms with Crippen molar-refractivity contribution in [1.29, 1.82) is 0 Å². The lowest BCUT2D eigenvalue weighted by molar-refractivity contribution is -0.126. The number of nitrogens with zero attached hydrogens (tertiary/aromatic N) is 1. The molecule has 1 aliphatic carbocycles. The standard InChI is InChI=1S/C20H24N2O/c1-14-8-10-15(11-9-14)19(22(2)3)20(23)21-18-12-16-6-4-5-7-17(16)13-18/h4-11,18-19H,12-13H2,1-3H3,(H,21,23). The number of fused-ring (bicyclic) bond motifs is 1. The van der Waals surface area contributed by atoms with E-state index in [1.165, 1.54) is 16.7 Å². The summed E-state index contributed by atoms with van der Waals surface area (Å²) in [6.45, 7) is 2.06. The highest BCUT2D eigenvalue weighted by Gasteiger charge is 2.28. The molecular weight excluding hydrogens is 284 g/mol. The van der Waals surface area contributed by atoms with Crippen molar-refractivity contribution < 1.29 is 4.79 Å². The van der Waals surface area contributed by atoms with E-state index in [0.29, 0.717) is 0 Å². The second kappa shape index (κ2) is 6.55. The van der Waals surface area contributed by atoms with Gasteiger partial charge in [0.25, 0.3) is 0 Å². The van der Waals surface area contributed by atoms with Gasteiger partial charge in [0.15, 0.2) is 0 Å². The fraction of sp³-hybridized carbons (Fsp3) is 0.350. The molecule has 2 aromatic rings. The Hall–Kier alpha value is -2.13. The van der Waals surface area contributed by atoms with Crippen molar-refractivity contribution in [2.75, 3.05) is 14.1 Å². The summed E-state index contributed by atoms with van der Waals surface area (Å²) in [4.78, 5) is 14.8. The Morgan fingerprint density at radius 1 is 1.04 bits per heavy atom. The van der Waals surface area contributed by atoms with Crippen LogP contribution in [0.2, 0.25) is 0 Å². The summed E-state index contributed by atoms with van der Waals surface area (Å²) in [5.74, 6) is 0.0802. The van der Waals surface area contributed by atoms with Crippen LogP contribution in [0.3, 0.4) is 0 Å². The zero-order valence-electron chi connectivity index (χ0n) is 14.0. The molecule has 3 nitrogen and oxygen atoms in total. The molecule has 0 aliphatic heterocycles. The number of aryl methyl sites for hydroxylation is 1. The highest BCUT2D eigenvalue weighted by atomic mass is 16.2. The molecule has 0 radical (unpaired) electrons. The van der Waals surface area contributed by atoms with E-state index < -0.39 is 0 Å². The van der Waals surface area contributed by atoms with Gasteiger partial charge >= 0.3 is 0 Å². The molecule has 0 heterocycles. The van der Waals surface area contributed by atoms with Gasteiger partial charge in [0, 0.05) is 6.04 Å². The van der Waals surface area contributed by atoms with Gasteiger partial charge in [-0.2, -0.15) is 0 Å². The molecule has 0 spiro atoms. The molecule has 1 atom stereocenters. The van der Waals surface area contributed by atoms with Gasteiger partial charge in [-0.05, 0) is 50.6 Å². The van der Waals surface area contributed by atoms with E-state index in [9.17, 15) is 4.79 Å². The molecule has 23 heavy (non-hydrogen) atoms. The minimum atomic E-state index is -0.251. The van der Waals surface area contributed by atoms with E-state index in [-0.39, 0.29) is 18.0 Å². The summed E-state index contributed by atoms with van der Waals surface area (Å²) in [6.07, 6.45) is 1.85. The molecule has 1 unspecified atom stereocenters. The molecule has 120 valence electrons. The number of hydrogen-bond donors (Lipinski definition) is 1. The second-order valence-electron chi connectivity index (χ2n) is 6.66. The maximum Gasteiger partial charge on any atom is 0.242 e. The largest absolute Gasteiger partial charge is 0.351 e. The Bertz CT molecular complexity index is 666. The summed E-state index contributed by atoms with van der Waals surface area (Å²) in [5.41, 5.74) is 4.95. The number of hydrogen-bond acceptors (Lipinski definition) is 2. The third-order valence-corrected chi connectivity index (χ3v) is 4.56. The predicted octanol–water partition coefficient (Wildman–Crippen LogP) is 2.88. The Morgan fingerprint density at radius 2 is 1.61 bits per heavy atom. The summed E-state index contributed by atoms with van der Waals surface area (Å²) in [6, 6.07) is 16.6. The van der Waals surface area contributed by atoms with Crippen LogP contribution in [0.5, 0.6) is 0 Å². The van der Waals surface area contributed by atoms with Crippen LogP contribution >= 0.6 is 0 Å². The van der Waals surface area contributed by atoms with Gasteiger partial charge < -0.3 is 5.32 Å². The van der Waals surface area contributed by atoms with Gasteiger partial charge in [0.1, 0.15) is 6.04 Å². The first-order valence-corrected chi connectivity index (χ1v) is 8.15. The topological polar surface area (TPSA) is 32.3 Å². The summed E-state index contributed by atoms with van der Waals surface area (Å²) in [7, 11) is 3.90. The lowest BCUT2D eigenvalue weighted by Gasteiger charge is -2.25. The third-order valence-electron chi connectivity index (χ3n) is 4.56. The average Bonchev–Trinajstić information content (AvgIpc) is 2.91. The van der Waals surface area contributed by atoms with E-state index >= 15 is 0 Å². The first-order chi connectivity index (χ1) is 11.0. The number of likely N-dealkylation sites (N-methyl/N-ethyl adjacent to an activating group) is 1. The normalized spacial score (nSPS) is 15.5. The van der Waals surface area contributed by atoms with Crippen molar-refractivity contribution in [3.05, 3.63) is 70.8 Å². The van der Waals surface area contributed by atoms with Gasteiger partial charge in [-0.3, -0.25) is 9.69 Å². The van der Waals surface area contributed by atoms with E-state index in [1.54, 1.807) is 0 Å². The monoisotopic (exact) mass is 308 g/mol. The van der Waals surface area contributed by atoms with Crippen LogP contribution in [0.4, 0.5) is 0 Å². The molecule has 1 amide bonds. The van der Waals surface area contributed by atoms with Gasteiger partial charge in [0.2, 0.25) is 5.91 Å². The number of nitrogens with one attached hydrogen (secondary N) is 1. The van der Waals surface area contributed by atoms with Gasteiger partial charge in [0.05, 0.1) is 0 Å². The Balaban J connectivity index is 1.72. The molecule has 3 rings (SSSR count). The first kappa shape index (κ1) is 15.8. The molecule has 0 saturated carbocycles.